The molecule has 0 spiro atoms. The molecule has 1 aliphatic heterocycles. The van der Waals surface area contributed by atoms with Crippen LogP contribution in [0, 0.1) is 17.2 Å². The van der Waals surface area contributed by atoms with Crippen molar-refractivity contribution in [3.05, 3.63) is 52.6 Å². The van der Waals surface area contributed by atoms with Gasteiger partial charge in [0.2, 0.25) is 5.91 Å². The summed E-state index contributed by atoms with van der Waals surface area (Å²) in [5.74, 6) is 0.333. The number of hydrogen-bond acceptors (Lipinski definition) is 5. The second-order valence-electron chi connectivity index (χ2n) is 6.87. The van der Waals surface area contributed by atoms with Gasteiger partial charge in [0, 0.05) is 23.8 Å². The van der Waals surface area contributed by atoms with Crippen molar-refractivity contribution in [2.45, 2.75) is 25.9 Å². The molecule has 7 nitrogen and oxygen atoms in total. The lowest BCUT2D eigenvalue weighted by atomic mass is 9.96. The highest BCUT2D eigenvalue weighted by Gasteiger charge is 2.31. The number of pyridine rings is 1. The van der Waals surface area contributed by atoms with E-state index in [1.165, 1.54) is 0 Å². The van der Waals surface area contributed by atoms with Gasteiger partial charge in [-0.05, 0) is 66.0 Å². The molecular weight excluding hydrogens is 436 g/mol. The van der Waals surface area contributed by atoms with Gasteiger partial charge in [-0.3, -0.25) is 9.59 Å². The fourth-order valence-corrected chi connectivity index (χ4v) is 3.45. The summed E-state index contributed by atoms with van der Waals surface area (Å²) in [7, 11) is 0. The first kappa shape index (κ1) is 20.8. The van der Waals surface area contributed by atoms with Crippen LogP contribution in [-0.2, 0) is 9.59 Å². The maximum absolute atomic E-state index is 12.8. The van der Waals surface area contributed by atoms with Gasteiger partial charge in [-0.25, -0.2) is 4.98 Å². The molecule has 150 valence electrons. The maximum atomic E-state index is 12.8. The Kier molecular flexibility index (Phi) is 6.83. The van der Waals surface area contributed by atoms with Crippen molar-refractivity contribution < 1.29 is 14.3 Å². The smallest absolute Gasteiger partial charge is 0.263 e. The molecule has 2 heterocycles. The summed E-state index contributed by atoms with van der Waals surface area (Å²) in [4.78, 5) is 31.2. The van der Waals surface area contributed by atoms with Crippen LogP contribution in [-0.4, -0.2) is 40.9 Å². The van der Waals surface area contributed by atoms with Crippen LogP contribution in [0.2, 0.25) is 0 Å². The van der Waals surface area contributed by atoms with E-state index >= 15 is 0 Å². The van der Waals surface area contributed by atoms with E-state index in [4.69, 9.17) is 10.00 Å². The number of hydrogen-bond donors (Lipinski definition) is 1. The van der Waals surface area contributed by atoms with Crippen molar-refractivity contribution in [1.82, 2.24) is 9.88 Å². The fourth-order valence-electron chi connectivity index (χ4n) is 3.22. The third-order valence-electron chi connectivity index (χ3n) is 4.71. The van der Waals surface area contributed by atoms with Crippen molar-refractivity contribution in [3.63, 3.8) is 0 Å². The zero-order valence-corrected chi connectivity index (χ0v) is 17.6. The third-order valence-corrected chi connectivity index (χ3v) is 5.18. The number of nitrogens with zero attached hydrogens (tertiary/aromatic N) is 3. The average Bonchev–Trinajstić information content (AvgIpc) is 2.75. The summed E-state index contributed by atoms with van der Waals surface area (Å²) < 4.78 is 6.55. The number of carbonyl (C=O) groups excluding carboxylic acids is 2. The summed E-state index contributed by atoms with van der Waals surface area (Å²) in [5, 5.41) is 11.8. The molecule has 1 saturated heterocycles. The number of anilines is 1. The Balaban J connectivity index is 1.58. The molecule has 0 bridgehead atoms. The van der Waals surface area contributed by atoms with Gasteiger partial charge in [0.15, 0.2) is 6.10 Å². The van der Waals surface area contributed by atoms with Crippen LogP contribution in [0.4, 0.5) is 5.82 Å². The van der Waals surface area contributed by atoms with Crippen molar-refractivity contribution in [1.29, 1.82) is 5.26 Å². The van der Waals surface area contributed by atoms with Gasteiger partial charge < -0.3 is 15.0 Å². The SMILES string of the molecule is CC(Oc1cccc(C#N)c1)C(=O)N1CCCC(C(=O)Nc2ccc(Br)cn2)C1. The van der Waals surface area contributed by atoms with E-state index in [9.17, 15) is 9.59 Å². The maximum Gasteiger partial charge on any atom is 0.263 e. The van der Waals surface area contributed by atoms with E-state index in [-0.39, 0.29) is 17.7 Å². The molecule has 1 aromatic heterocycles. The number of rotatable bonds is 5. The molecule has 29 heavy (non-hydrogen) atoms. The van der Waals surface area contributed by atoms with E-state index in [1.54, 1.807) is 54.4 Å². The number of aromatic nitrogens is 1. The van der Waals surface area contributed by atoms with Gasteiger partial charge in [0.25, 0.3) is 5.91 Å². The van der Waals surface area contributed by atoms with Crippen molar-refractivity contribution in [3.8, 4) is 11.8 Å². The van der Waals surface area contributed by atoms with Crippen LogP contribution >= 0.6 is 15.9 Å². The van der Waals surface area contributed by atoms with E-state index in [0.29, 0.717) is 36.6 Å². The van der Waals surface area contributed by atoms with E-state index in [2.05, 4.69) is 26.2 Å². The van der Waals surface area contributed by atoms with Crippen LogP contribution in [0.15, 0.2) is 47.1 Å². The van der Waals surface area contributed by atoms with Crippen molar-refractivity contribution in [2.24, 2.45) is 5.92 Å². The molecule has 2 unspecified atom stereocenters. The summed E-state index contributed by atoms with van der Waals surface area (Å²) in [6.07, 6.45) is 2.37. The second-order valence-corrected chi connectivity index (χ2v) is 7.79. The zero-order chi connectivity index (χ0) is 20.8. The van der Waals surface area contributed by atoms with Crippen molar-refractivity contribution in [2.75, 3.05) is 18.4 Å². The molecular formula is C21H21BrN4O3. The molecule has 1 aromatic carbocycles. The number of likely N-dealkylation sites (tertiary alicyclic amines) is 1. The Morgan fingerprint density at radius 1 is 1.38 bits per heavy atom. The minimum Gasteiger partial charge on any atom is -0.481 e. The molecule has 3 rings (SSSR count). The Hall–Kier alpha value is -2.92. The molecule has 2 atom stereocenters. The molecule has 2 amide bonds. The Bertz CT molecular complexity index is 926. The minimum atomic E-state index is -0.709. The second kappa shape index (κ2) is 9.52. The highest BCUT2D eigenvalue weighted by molar-refractivity contribution is 9.10. The predicted octanol–water partition coefficient (Wildman–Crippen LogP) is 3.36. The first-order valence-corrected chi connectivity index (χ1v) is 10.1. The highest BCUT2D eigenvalue weighted by atomic mass is 79.9. The van der Waals surface area contributed by atoms with E-state index < -0.39 is 6.10 Å². The van der Waals surface area contributed by atoms with Crippen LogP contribution in [0.1, 0.15) is 25.3 Å². The van der Waals surface area contributed by atoms with Gasteiger partial charge in [-0.15, -0.1) is 0 Å². The number of halogens is 1. The summed E-state index contributed by atoms with van der Waals surface area (Å²) in [6.45, 7) is 2.61. The normalized spacial score (nSPS) is 17.1. The first-order chi connectivity index (χ1) is 14.0. The molecule has 2 aromatic rings. The molecule has 1 fully saturated rings. The summed E-state index contributed by atoms with van der Waals surface area (Å²) in [6, 6.07) is 12.3. The van der Waals surface area contributed by atoms with Gasteiger partial charge >= 0.3 is 0 Å². The Morgan fingerprint density at radius 2 is 2.21 bits per heavy atom. The van der Waals surface area contributed by atoms with E-state index in [0.717, 1.165) is 10.9 Å². The topological polar surface area (TPSA) is 95.3 Å². The molecule has 1 N–H and O–H groups in total. The van der Waals surface area contributed by atoms with Crippen LogP contribution < -0.4 is 10.1 Å². The van der Waals surface area contributed by atoms with Crippen LogP contribution in [0.5, 0.6) is 5.75 Å². The van der Waals surface area contributed by atoms with Gasteiger partial charge in [-0.1, -0.05) is 6.07 Å². The quantitative estimate of drug-likeness (QED) is 0.743. The molecule has 0 aliphatic carbocycles. The fraction of sp³-hybridized carbons (Fsp3) is 0.333. The van der Waals surface area contributed by atoms with Crippen LogP contribution in [0.25, 0.3) is 0 Å². The standard InChI is InChI=1S/C21H21BrN4O3/c1-14(29-18-6-2-4-15(10-18)11-23)21(28)26-9-3-5-16(13-26)20(27)25-19-8-7-17(22)12-24-19/h2,4,6-8,10,12,14,16H,3,5,9,13H2,1H3,(H,24,25,27). The zero-order valence-electron chi connectivity index (χ0n) is 16.0. The lowest BCUT2D eigenvalue weighted by molar-refractivity contribution is -0.140. The van der Waals surface area contributed by atoms with E-state index in [1.807, 2.05) is 6.07 Å². The number of amides is 2. The number of ether oxygens (including phenoxy) is 1. The number of piperidine rings is 1. The Labute approximate surface area is 177 Å². The minimum absolute atomic E-state index is 0.146. The van der Waals surface area contributed by atoms with Gasteiger partial charge in [-0.2, -0.15) is 5.26 Å². The van der Waals surface area contributed by atoms with Gasteiger partial charge in [0.1, 0.15) is 11.6 Å². The number of nitrogens with one attached hydrogen (secondary N) is 1. The first-order valence-electron chi connectivity index (χ1n) is 9.34. The number of nitriles is 1. The highest BCUT2D eigenvalue weighted by Crippen LogP contribution is 2.21. The largest absolute Gasteiger partial charge is 0.481 e. The lowest BCUT2D eigenvalue weighted by Gasteiger charge is -2.33. The average molecular weight is 457 g/mol. The lowest BCUT2D eigenvalue weighted by Crippen LogP contribution is -2.48. The predicted molar refractivity (Wildman–Crippen MR) is 111 cm³/mol. The summed E-state index contributed by atoms with van der Waals surface area (Å²) >= 11 is 3.31. The molecule has 0 saturated carbocycles. The summed E-state index contributed by atoms with van der Waals surface area (Å²) in [5.41, 5.74) is 0.471. The Morgan fingerprint density at radius 3 is 2.93 bits per heavy atom. The third kappa shape index (κ3) is 5.55. The number of carbonyl (C=O) groups is 2. The van der Waals surface area contributed by atoms with Gasteiger partial charge in [0.05, 0.1) is 17.6 Å². The van der Waals surface area contributed by atoms with Crippen LogP contribution in [0.3, 0.4) is 0 Å². The molecule has 8 heteroatoms. The number of benzene rings is 1. The molecule has 0 radical (unpaired) electrons. The molecule has 1 aliphatic rings. The van der Waals surface area contributed by atoms with Crippen molar-refractivity contribution >= 4 is 33.6 Å². The monoisotopic (exact) mass is 456 g/mol.